The van der Waals surface area contributed by atoms with E-state index >= 15 is 0 Å². The summed E-state index contributed by atoms with van der Waals surface area (Å²) in [5, 5.41) is 0. The predicted octanol–water partition coefficient (Wildman–Crippen LogP) is 4.53. The van der Waals surface area contributed by atoms with Gasteiger partial charge in [-0.2, -0.15) is 0 Å². The molecule has 164 valence electrons. The van der Waals surface area contributed by atoms with Crippen molar-refractivity contribution in [2.24, 2.45) is 0 Å². The molecule has 0 amide bonds. The van der Waals surface area contributed by atoms with Crippen molar-refractivity contribution in [1.29, 1.82) is 0 Å². The fourth-order valence-corrected chi connectivity index (χ4v) is 3.13. The van der Waals surface area contributed by atoms with Crippen molar-refractivity contribution in [1.82, 2.24) is 19.5 Å². The molecule has 10 heteroatoms. The molecule has 0 fully saturated rings. The van der Waals surface area contributed by atoms with Gasteiger partial charge >= 0.3 is 0 Å². The van der Waals surface area contributed by atoms with Gasteiger partial charge in [0.15, 0.2) is 29.1 Å². The molecule has 0 saturated carbocycles. The van der Waals surface area contributed by atoms with E-state index in [0.717, 1.165) is 0 Å². The van der Waals surface area contributed by atoms with E-state index < -0.39 is 34.5 Å². The summed E-state index contributed by atoms with van der Waals surface area (Å²) in [5.41, 5.74) is 1.44. The Bertz CT molecular complexity index is 1320. The molecule has 0 aliphatic rings. The van der Waals surface area contributed by atoms with E-state index in [1.54, 1.807) is 30.1 Å². The average Bonchev–Trinajstić information content (AvgIpc) is 3.22. The highest BCUT2D eigenvalue weighted by Gasteiger charge is 2.26. The van der Waals surface area contributed by atoms with E-state index in [1.807, 2.05) is 6.92 Å². The fourth-order valence-electron chi connectivity index (χ4n) is 3.13. The minimum atomic E-state index is -1.58. The first-order chi connectivity index (χ1) is 15.4. The average molecular weight is 441 g/mol. The number of rotatable bonds is 7. The monoisotopic (exact) mass is 441 g/mol. The molecule has 0 aliphatic heterocycles. The Morgan fingerprint density at radius 3 is 2.66 bits per heavy atom. The lowest BCUT2D eigenvalue weighted by Gasteiger charge is -2.12. The third kappa shape index (κ3) is 3.92. The summed E-state index contributed by atoms with van der Waals surface area (Å²) in [6, 6.07) is 4.80. The minimum absolute atomic E-state index is 0.0740. The molecule has 0 saturated heterocycles. The number of ketones is 1. The van der Waals surface area contributed by atoms with Gasteiger partial charge in [-0.15, -0.1) is 0 Å². The van der Waals surface area contributed by atoms with E-state index in [9.17, 15) is 18.0 Å². The Hall–Kier alpha value is -3.79. The number of hydrogen-bond acceptors (Lipinski definition) is 6. The van der Waals surface area contributed by atoms with Crippen molar-refractivity contribution in [2.75, 3.05) is 12.1 Å². The second-order valence-corrected chi connectivity index (χ2v) is 6.96. The van der Waals surface area contributed by atoms with Crippen LogP contribution in [-0.4, -0.2) is 31.9 Å². The third-order valence-corrected chi connectivity index (χ3v) is 4.74. The van der Waals surface area contributed by atoms with Crippen LogP contribution in [0.3, 0.4) is 0 Å². The number of aromatic nitrogens is 4. The van der Waals surface area contributed by atoms with Crippen molar-refractivity contribution in [3.05, 3.63) is 77.3 Å². The van der Waals surface area contributed by atoms with E-state index in [2.05, 4.69) is 20.4 Å². The zero-order valence-electron chi connectivity index (χ0n) is 17.2. The van der Waals surface area contributed by atoms with E-state index in [4.69, 9.17) is 4.84 Å². The van der Waals surface area contributed by atoms with Crippen LogP contribution in [0.15, 0.2) is 42.9 Å². The number of fused-ring (bicyclic) bond motifs is 1. The first kappa shape index (κ1) is 21.4. The number of halogens is 3. The van der Waals surface area contributed by atoms with Gasteiger partial charge in [0.05, 0.1) is 29.4 Å². The number of benzene rings is 2. The van der Waals surface area contributed by atoms with Gasteiger partial charge in [-0.1, -0.05) is 6.92 Å². The highest BCUT2D eigenvalue weighted by molar-refractivity contribution is 6.11. The van der Waals surface area contributed by atoms with E-state index in [-0.39, 0.29) is 12.2 Å². The molecule has 4 rings (SSSR count). The molecule has 1 N–H and O–H groups in total. The lowest BCUT2D eigenvalue weighted by molar-refractivity contribution is 0.103. The molecule has 2 heterocycles. The van der Waals surface area contributed by atoms with Gasteiger partial charge in [-0.25, -0.2) is 23.1 Å². The molecular formula is C22H18F3N5O2. The molecule has 2 aromatic heterocycles. The summed E-state index contributed by atoms with van der Waals surface area (Å²) < 4.78 is 45.1. The van der Waals surface area contributed by atoms with Crippen molar-refractivity contribution in [3.63, 3.8) is 0 Å². The number of anilines is 1. The first-order valence-electron chi connectivity index (χ1n) is 9.77. The maximum absolute atomic E-state index is 14.9. The number of aryl methyl sites for hydroxylation is 1. The second-order valence-electron chi connectivity index (χ2n) is 6.96. The van der Waals surface area contributed by atoms with Crippen LogP contribution in [-0.2, 0) is 4.84 Å². The Kier molecular flexibility index (Phi) is 5.87. The highest BCUT2D eigenvalue weighted by Crippen LogP contribution is 2.27. The summed E-state index contributed by atoms with van der Waals surface area (Å²) in [7, 11) is 0. The summed E-state index contributed by atoms with van der Waals surface area (Å²) in [5.74, 6) is -4.11. The maximum Gasteiger partial charge on any atom is 0.199 e. The van der Waals surface area contributed by atoms with Crippen LogP contribution in [0, 0.1) is 24.4 Å². The Labute approximate surface area is 180 Å². The third-order valence-electron chi connectivity index (χ3n) is 4.74. The Morgan fingerprint density at radius 2 is 1.94 bits per heavy atom. The minimum Gasteiger partial charge on any atom is -0.288 e. The molecule has 0 radical (unpaired) electrons. The standard InChI is InChI=1S/C22H18F3N5O2/c1-3-8-32-29-17-10-14(23)20(24)19(21(17)25)22(31)13-4-5-15-16(9-13)28-18(11-27-15)30-7-6-26-12(30)2/h4-7,9-11,29H,3,8H2,1-2H3. The first-order valence-corrected chi connectivity index (χ1v) is 9.77. The van der Waals surface area contributed by atoms with Crippen molar-refractivity contribution in [3.8, 4) is 5.82 Å². The predicted molar refractivity (Wildman–Crippen MR) is 111 cm³/mol. The molecule has 0 unspecified atom stereocenters. The van der Waals surface area contributed by atoms with Gasteiger partial charge in [0, 0.05) is 24.0 Å². The normalized spacial score (nSPS) is 11.2. The number of imidazole rings is 1. The van der Waals surface area contributed by atoms with Gasteiger partial charge in [-0.05, 0) is 31.5 Å². The Balaban J connectivity index is 1.75. The topological polar surface area (TPSA) is 81.9 Å². The van der Waals surface area contributed by atoms with Crippen LogP contribution in [0.5, 0.6) is 0 Å². The molecule has 0 aliphatic carbocycles. The Morgan fingerprint density at radius 1 is 1.12 bits per heavy atom. The molecule has 4 aromatic rings. The van der Waals surface area contributed by atoms with Gasteiger partial charge in [0.2, 0.25) is 0 Å². The van der Waals surface area contributed by atoms with Crippen LogP contribution in [0.25, 0.3) is 16.9 Å². The van der Waals surface area contributed by atoms with Crippen LogP contribution < -0.4 is 5.48 Å². The second kappa shape index (κ2) is 8.75. The van der Waals surface area contributed by atoms with Gasteiger partial charge < -0.3 is 0 Å². The maximum atomic E-state index is 14.9. The smallest absolute Gasteiger partial charge is 0.199 e. The van der Waals surface area contributed by atoms with E-state index in [0.29, 0.717) is 35.2 Å². The van der Waals surface area contributed by atoms with Crippen molar-refractivity contribution < 1.29 is 22.8 Å². The molecule has 7 nitrogen and oxygen atoms in total. The number of carbonyl (C=O) groups is 1. The molecule has 0 spiro atoms. The quantitative estimate of drug-likeness (QED) is 0.197. The van der Waals surface area contributed by atoms with Gasteiger partial charge in [-0.3, -0.25) is 24.7 Å². The fraction of sp³-hybridized carbons (Fsp3) is 0.182. The zero-order valence-corrected chi connectivity index (χ0v) is 17.2. The van der Waals surface area contributed by atoms with Crippen LogP contribution >= 0.6 is 0 Å². The number of carbonyl (C=O) groups excluding carboxylic acids is 1. The summed E-state index contributed by atoms with van der Waals surface area (Å²) in [6.45, 7) is 3.82. The summed E-state index contributed by atoms with van der Waals surface area (Å²) in [4.78, 5) is 30.8. The molecule has 0 bridgehead atoms. The van der Waals surface area contributed by atoms with Crippen molar-refractivity contribution >= 4 is 22.5 Å². The van der Waals surface area contributed by atoms with Crippen LogP contribution in [0.2, 0.25) is 0 Å². The summed E-state index contributed by atoms with van der Waals surface area (Å²) >= 11 is 0. The summed E-state index contributed by atoms with van der Waals surface area (Å²) in [6.07, 6.45) is 5.46. The van der Waals surface area contributed by atoms with Crippen molar-refractivity contribution in [2.45, 2.75) is 20.3 Å². The number of nitrogens with one attached hydrogen (secondary N) is 1. The van der Waals surface area contributed by atoms with Crippen LogP contribution in [0.1, 0.15) is 35.1 Å². The van der Waals surface area contributed by atoms with Gasteiger partial charge in [0.1, 0.15) is 11.5 Å². The largest absolute Gasteiger partial charge is 0.288 e. The highest BCUT2D eigenvalue weighted by atomic mass is 19.2. The zero-order chi connectivity index (χ0) is 22.8. The number of nitrogens with zero attached hydrogens (tertiary/aromatic N) is 4. The van der Waals surface area contributed by atoms with Crippen LogP contribution in [0.4, 0.5) is 18.9 Å². The number of hydrogen-bond donors (Lipinski definition) is 1. The lowest BCUT2D eigenvalue weighted by Crippen LogP contribution is -2.13. The van der Waals surface area contributed by atoms with Gasteiger partial charge in [0.25, 0.3) is 0 Å². The molecule has 32 heavy (non-hydrogen) atoms. The lowest BCUT2D eigenvalue weighted by atomic mass is 10.0. The molecule has 2 aromatic carbocycles. The molecule has 0 atom stereocenters. The SMILES string of the molecule is CCCONc1cc(F)c(F)c(C(=O)c2ccc3ncc(-n4ccnc4C)nc3c2)c1F. The van der Waals surface area contributed by atoms with E-state index in [1.165, 1.54) is 18.2 Å². The molecular weight excluding hydrogens is 423 g/mol.